The van der Waals surface area contributed by atoms with E-state index in [1.54, 1.807) is 0 Å². The van der Waals surface area contributed by atoms with Crippen LogP contribution in [0.4, 0.5) is 0 Å². The van der Waals surface area contributed by atoms with Crippen molar-refractivity contribution >= 4 is 21.7 Å². The minimum Gasteiger partial charge on any atom is -0.508 e. The van der Waals surface area contributed by atoms with Gasteiger partial charge < -0.3 is 19.9 Å². The van der Waals surface area contributed by atoms with Crippen molar-refractivity contribution in [3.63, 3.8) is 0 Å². The molecule has 0 heterocycles. The number of sulfone groups is 1. The van der Waals surface area contributed by atoms with Gasteiger partial charge in [0.05, 0.1) is 9.79 Å². The number of ether oxygens (including phenoxy) is 2. The maximum absolute atomic E-state index is 13.5. The highest BCUT2D eigenvalue weighted by molar-refractivity contribution is 7.91. The number of nitrogens with one attached hydrogen (secondary N) is 2. The summed E-state index contributed by atoms with van der Waals surface area (Å²) in [4.78, 5) is 26.5. The molecule has 1 radical (unpaired) electrons. The molecule has 1 unspecified atom stereocenters. The van der Waals surface area contributed by atoms with Gasteiger partial charge in [0.1, 0.15) is 17.2 Å². The summed E-state index contributed by atoms with van der Waals surface area (Å²) in [6.45, 7) is 14.7. The van der Waals surface area contributed by atoms with Gasteiger partial charge in [-0.2, -0.15) is 0 Å². The molecule has 0 aliphatic carbocycles. The highest BCUT2D eigenvalue weighted by atomic mass is 32.2. The van der Waals surface area contributed by atoms with Gasteiger partial charge in [-0.05, 0) is 90.3 Å². The van der Waals surface area contributed by atoms with E-state index in [1.807, 2.05) is 12.1 Å². The predicted molar refractivity (Wildman–Crippen MR) is 196 cm³/mol. The van der Waals surface area contributed by atoms with Crippen LogP contribution in [0.25, 0.3) is 0 Å². The van der Waals surface area contributed by atoms with Crippen molar-refractivity contribution in [2.75, 3.05) is 6.61 Å². The van der Waals surface area contributed by atoms with Crippen molar-refractivity contribution in [3.05, 3.63) is 77.9 Å². The van der Waals surface area contributed by atoms with Crippen molar-refractivity contribution < 1.29 is 32.6 Å². The molecule has 10 heteroatoms. The van der Waals surface area contributed by atoms with E-state index in [0.717, 1.165) is 50.5 Å². The summed E-state index contributed by atoms with van der Waals surface area (Å²) in [6, 6.07) is 16.8. The van der Waals surface area contributed by atoms with Crippen LogP contribution < -0.4 is 20.5 Å². The topological polar surface area (TPSA) is 143 Å². The third-order valence-corrected chi connectivity index (χ3v) is 11.6. The Balaban J connectivity index is 1.88. The van der Waals surface area contributed by atoms with E-state index < -0.39 is 34.0 Å². The molecule has 0 saturated carbocycles. The second kappa shape index (κ2) is 17.2. The van der Waals surface area contributed by atoms with Gasteiger partial charge in [0.2, 0.25) is 9.84 Å². The van der Waals surface area contributed by atoms with Gasteiger partial charge in [-0.25, -0.2) is 8.42 Å². The number of hydrogen-bond acceptors (Lipinski definition) is 7. The first-order chi connectivity index (χ1) is 23.5. The van der Waals surface area contributed by atoms with Crippen LogP contribution in [0.5, 0.6) is 17.2 Å². The SMILES string of the molecule is CCCCCCCCC(NC(=O)COc1ccc(C(C)(C)CC)cc1C(C)(C)CC)(Oc1ccc(S(=O)(=O)c2ccc(O)cc2)cc1)C([NH])=O. The first-order valence-corrected chi connectivity index (χ1v) is 19.2. The van der Waals surface area contributed by atoms with Crippen LogP contribution in [0.15, 0.2) is 76.5 Å². The molecule has 3 aromatic rings. The molecule has 0 aromatic heterocycles. The third-order valence-electron chi connectivity index (χ3n) is 9.78. The maximum atomic E-state index is 13.5. The molecule has 0 aliphatic heterocycles. The molecule has 0 bridgehead atoms. The molecular formula is C40H55N2O7S. The number of phenolic OH excluding ortho intramolecular Hbond substituents is 1. The molecule has 0 spiro atoms. The zero-order valence-electron chi connectivity index (χ0n) is 30.7. The summed E-state index contributed by atoms with van der Waals surface area (Å²) >= 11 is 0. The van der Waals surface area contributed by atoms with Crippen LogP contribution in [0.3, 0.4) is 0 Å². The van der Waals surface area contributed by atoms with Crippen LogP contribution in [0, 0.1) is 0 Å². The summed E-state index contributed by atoms with van der Waals surface area (Å²) in [5, 5.41) is 12.2. The number of rotatable bonds is 20. The van der Waals surface area contributed by atoms with Gasteiger partial charge in [-0.15, -0.1) is 0 Å². The Bertz CT molecular complexity index is 1680. The van der Waals surface area contributed by atoms with Crippen LogP contribution >= 0.6 is 0 Å². The zero-order chi connectivity index (χ0) is 37.2. The fourth-order valence-corrected chi connectivity index (χ4v) is 6.83. The minimum absolute atomic E-state index is 0.00387. The summed E-state index contributed by atoms with van der Waals surface area (Å²) in [5.74, 6) is -1.11. The predicted octanol–water partition coefficient (Wildman–Crippen LogP) is 8.43. The molecule has 0 fully saturated rings. The van der Waals surface area contributed by atoms with E-state index in [0.29, 0.717) is 12.2 Å². The molecule has 3 aromatic carbocycles. The average Bonchev–Trinajstić information content (AvgIpc) is 3.09. The number of aromatic hydroxyl groups is 1. The largest absolute Gasteiger partial charge is 0.508 e. The lowest BCUT2D eigenvalue weighted by atomic mass is 9.76. The van der Waals surface area contributed by atoms with Crippen LogP contribution in [0.2, 0.25) is 0 Å². The monoisotopic (exact) mass is 707 g/mol. The number of phenols is 1. The second-order valence-corrected chi connectivity index (χ2v) is 16.2. The summed E-state index contributed by atoms with van der Waals surface area (Å²) < 4.78 is 38.5. The highest BCUT2D eigenvalue weighted by Crippen LogP contribution is 2.38. The smallest absolute Gasteiger partial charge is 0.304 e. The first kappa shape index (κ1) is 40.4. The molecule has 50 heavy (non-hydrogen) atoms. The average molecular weight is 708 g/mol. The lowest BCUT2D eigenvalue weighted by molar-refractivity contribution is -0.145. The number of unbranched alkanes of at least 4 members (excludes halogenated alkanes) is 5. The van der Waals surface area contributed by atoms with Crippen molar-refractivity contribution in [1.82, 2.24) is 11.1 Å². The van der Waals surface area contributed by atoms with Gasteiger partial charge in [0.15, 0.2) is 6.61 Å². The van der Waals surface area contributed by atoms with Gasteiger partial charge >= 0.3 is 5.91 Å². The van der Waals surface area contributed by atoms with E-state index >= 15 is 0 Å². The Morgan fingerprint density at radius 3 is 1.90 bits per heavy atom. The third kappa shape index (κ3) is 10.2. The van der Waals surface area contributed by atoms with E-state index in [-0.39, 0.29) is 38.5 Å². The number of benzene rings is 3. The normalized spacial score (nSPS) is 13.3. The lowest BCUT2D eigenvalue weighted by Crippen LogP contribution is -2.60. The van der Waals surface area contributed by atoms with Gasteiger partial charge in [-0.1, -0.05) is 92.7 Å². The number of carbonyl (C=O) groups excluding carboxylic acids is 2. The quantitative estimate of drug-likeness (QED) is 0.0886. The van der Waals surface area contributed by atoms with Gasteiger partial charge in [0, 0.05) is 12.0 Å². The molecule has 1 atom stereocenters. The lowest BCUT2D eigenvalue weighted by Gasteiger charge is -2.32. The molecule has 9 nitrogen and oxygen atoms in total. The number of amides is 2. The standard InChI is InChI=1S/C40H55N2O7S/c1-8-11-12-13-14-15-26-40(37(41)45,49-31-19-23-33(24-20-31)50(46,47)32-21-17-30(43)18-22-32)42-36(44)28-48-35-25-16-29(38(4,5)9-2)27-34(35)39(6,7)10-3/h16-25,27,41,43H,8-15,26,28H2,1-7H3,(H,42,44). The van der Waals surface area contributed by atoms with Crippen molar-refractivity contribution in [3.8, 4) is 17.2 Å². The highest BCUT2D eigenvalue weighted by Gasteiger charge is 2.41. The van der Waals surface area contributed by atoms with E-state index in [4.69, 9.17) is 15.2 Å². The fourth-order valence-electron chi connectivity index (χ4n) is 5.56. The van der Waals surface area contributed by atoms with Crippen LogP contribution in [-0.2, 0) is 30.3 Å². The number of hydrogen-bond donors (Lipinski definition) is 2. The Morgan fingerprint density at radius 2 is 1.34 bits per heavy atom. The van der Waals surface area contributed by atoms with Crippen molar-refractivity contribution in [2.45, 2.75) is 133 Å². The summed E-state index contributed by atoms with van der Waals surface area (Å²) in [5.41, 5.74) is 8.14. The summed E-state index contributed by atoms with van der Waals surface area (Å²) in [7, 11) is -3.90. The minimum atomic E-state index is -3.90. The van der Waals surface area contributed by atoms with E-state index in [1.165, 1.54) is 54.1 Å². The second-order valence-electron chi connectivity index (χ2n) is 14.3. The zero-order valence-corrected chi connectivity index (χ0v) is 31.5. The maximum Gasteiger partial charge on any atom is 0.304 e. The number of carbonyl (C=O) groups is 2. The first-order valence-electron chi connectivity index (χ1n) is 17.7. The Hall–Kier alpha value is -4.05. The molecule has 0 saturated heterocycles. The fraction of sp³-hybridized carbons (Fsp3) is 0.500. The van der Waals surface area contributed by atoms with Crippen molar-refractivity contribution in [2.24, 2.45) is 0 Å². The molecule has 0 aliphatic rings. The van der Waals surface area contributed by atoms with E-state index in [9.17, 15) is 23.1 Å². The summed E-state index contributed by atoms with van der Waals surface area (Å²) in [6.07, 6.45) is 7.33. The molecular weight excluding hydrogens is 653 g/mol. The van der Waals surface area contributed by atoms with Crippen LogP contribution in [-0.4, -0.2) is 37.7 Å². The molecule has 3 N–H and O–H groups in total. The molecule has 3 rings (SSSR count). The van der Waals surface area contributed by atoms with Crippen LogP contribution in [0.1, 0.15) is 117 Å². The Labute approximate surface area is 298 Å². The molecule has 273 valence electrons. The molecule has 2 amide bonds. The Kier molecular flexibility index (Phi) is 13.9. The van der Waals surface area contributed by atoms with Gasteiger partial charge in [-0.3, -0.25) is 15.3 Å². The Morgan fingerprint density at radius 1 is 0.780 bits per heavy atom. The van der Waals surface area contributed by atoms with E-state index in [2.05, 4.69) is 59.8 Å². The van der Waals surface area contributed by atoms with Gasteiger partial charge in [0.25, 0.3) is 11.6 Å². The van der Waals surface area contributed by atoms with Crippen molar-refractivity contribution in [1.29, 1.82) is 0 Å².